The molecule has 0 saturated heterocycles. The van der Waals surface area contributed by atoms with Crippen molar-refractivity contribution in [3.05, 3.63) is 30.2 Å². The molecule has 1 unspecified atom stereocenters. The zero-order valence-corrected chi connectivity index (χ0v) is 13.3. The van der Waals surface area contributed by atoms with Crippen LogP contribution in [0.2, 0.25) is 0 Å². The Balaban J connectivity index is 1.66. The second kappa shape index (κ2) is 6.69. The van der Waals surface area contributed by atoms with Crippen LogP contribution < -0.4 is 5.32 Å². The minimum atomic E-state index is -0.392. The quantitative estimate of drug-likeness (QED) is 0.685. The van der Waals surface area contributed by atoms with Gasteiger partial charge in [-0.05, 0) is 25.5 Å². The molecule has 0 saturated carbocycles. The fraction of sp³-hybridized carbons (Fsp3) is 0.286. The average Bonchev–Trinajstić information content (AvgIpc) is 3.26. The molecule has 0 aliphatic heterocycles. The number of aromatic nitrogens is 3. The van der Waals surface area contributed by atoms with Crippen molar-refractivity contribution in [3.63, 3.8) is 0 Å². The van der Waals surface area contributed by atoms with Crippen LogP contribution in [0.4, 0.5) is 5.82 Å². The summed E-state index contributed by atoms with van der Waals surface area (Å²) in [6.07, 6.45) is 2.11. The van der Waals surface area contributed by atoms with E-state index in [1.165, 1.54) is 18.0 Å². The van der Waals surface area contributed by atoms with Gasteiger partial charge in [-0.3, -0.25) is 4.79 Å². The normalized spacial score (nSPS) is 12.3. The van der Waals surface area contributed by atoms with E-state index in [0.29, 0.717) is 29.0 Å². The summed E-state index contributed by atoms with van der Waals surface area (Å²) in [6.45, 7) is 3.65. The summed E-state index contributed by atoms with van der Waals surface area (Å²) in [5.74, 6) is 1.57. The molecule has 23 heavy (non-hydrogen) atoms. The van der Waals surface area contributed by atoms with Crippen LogP contribution in [0.5, 0.6) is 0 Å². The van der Waals surface area contributed by atoms with Crippen molar-refractivity contribution in [2.75, 3.05) is 5.32 Å². The first-order chi connectivity index (χ1) is 11.2. The van der Waals surface area contributed by atoms with Crippen LogP contribution in [-0.4, -0.2) is 26.5 Å². The Hall–Kier alpha value is -2.55. The van der Waals surface area contributed by atoms with Crippen LogP contribution in [0.25, 0.3) is 11.7 Å². The number of rotatable bonds is 6. The monoisotopic (exact) mass is 334 g/mol. The average molecular weight is 334 g/mol. The lowest BCUT2D eigenvalue weighted by molar-refractivity contribution is -0.115. The molecule has 0 spiro atoms. The number of carbonyl (C=O) groups excluding carboxylic acids is 1. The van der Waals surface area contributed by atoms with Gasteiger partial charge in [-0.15, -0.1) is 10.2 Å². The van der Waals surface area contributed by atoms with Gasteiger partial charge in [0.15, 0.2) is 11.6 Å². The summed E-state index contributed by atoms with van der Waals surface area (Å²) in [5, 5.41) is 14.2. The van der Waals surface area contributed by atoms with E-state index >= 15 is 0 Å². The maximum Gasteiger partial charge on any atom is 0.284 e. The van der Waals surface area contributed by atoms with E-state index in [0.717, 1.165) is 0 Å². The van der Waals surface area contributed by atoms with Crippen molar-refractivity contribution in [2.24, 2.45) is 0 Å². The van der Waals surface area contributed by atoms with Gasteiger partial charge in [0.05, 0.1) is 11.5 Å². The number of nitrogens with one attached hydrogen (secondary N) is 1. The predicted octanol–water partition coefficient (Wildman–Crippen LogP) is 3.14. The van der Waals surface area contributed by atoms with Crippen molar-refractivity contribution < 1.29 is 18.2 Å². The SMILES string of the molecule is CCC(Sc1nnc(-c2ccco2)o1)C(=O)Nc1cc(C)on1. The highest BCUT2D eigenvalue weighted by Gasteiger charge is 2.23. The zero-order chi connectivity index (χ0) is 16.2. The van der Waals surface area contributed by atoms with Crippen LogP contribution in [0.1, 0.15) is 19.1 Å². The topological polar surface area (TPSA) is 107 Å². The number of carbonyl (C=O) groups is 1. The molecule has 9 heteroatoms. The second-order valence-corrected chi connectivity index (χ2v) is 5.83. The fourth-order valence-corrected chi connectivity index (χ4v) is 2.62. The molecule has 0 aromatic carbocycles. The van der Waals surface area contributed by atoms with E-state index in [-0.39, 0.29) is 11.8 Å². The van der Waals surface area contributed by atoms with Crippen molar-refractivity contribution in [2.45, 2.75) is 30.7 Å². The summed E-state index contributed by atoms with van der Waals surface area (Å²) < 4.78 is 15.6. The minimum absolute atomic E-state index is 0.205. The van der Waals surface area contributed by atoms with Gasteiger partial charge in [-0.2, -0.15) is 0 Å². The van der Waals surface area contributed by atoms with Crippen LogP contribution in [0.3, 0.4) is 0 Å². The largest absolute Gasteiger partial charge is 0.459 e. The van der Waals surface area contributed by atoms with E-state index in [4.69, 9.17) is 13.4 Å². The molecule has 0 aliphatic rings. The summed E-state index contributed by atoms with van der Waals surface area (Å²) in [6, 6.07) is 5.10. The number of hydrogen-bond donors (Lipinski definition) is 1. The number of hydrogen-bond acceptors (Lipinski definition) is 8. The number of amides is 1. The maximum absolute atomic E-state index is 12.3. The lowest BCUT2D eigenvalue weighted by Crippen LogP contribution is -2.24. The number of aryl methyl sites for hydroxylation is 1. The number of furan rings is 1. The Morgan fingerprint density at radius 3 is 2.96 bits per heavy atom. The highest BCUT2D eigenvalue weighted by atomic mass is 32.2. The van der Waals surface area contributed by atoms with Crippen molar-refractivity contribution in [1.29, 1.82) is 0 Å². The van der Waals surface area contributed by atoms with Gasteiger partial charge in [-0.1, -0.05) is 23.8 Å². The van der Waals surface area contributed by atoms with E-state index in [1.54, 1.807) is 25.1 Å². The Labute approximate surface area is 135 Å². The van der Waals surface area contributed by atoms with Gasteiger partial charge in [0.2, 0.25) is 5.91 Å². The third kappa shape index (κ3) is 3.62. The molecule has 0 bridgehead atoms. The van der Waals surface area contributed by atoms with Crippen molar-refractivity contribution >= 4 is 23.5 Å². The van der Waals surface area contributed by atoms with Gasteiger partial charge in [0.1, 0.15) is 5.76 Å². The Morgan fingerprint density at radius 2 is 2.30 bits per heavy atom. The minimum Gasteiger partial charge on any atom is -0.459 e. The van der Waals surface area contributed by atoms with Crippen LogP contribution >= 0.6 is 11.8 Å². The molecule has 3 aromatic heterocycles. The molecule has 3 rings (SSSR count). The lowest BCUT2D eigenvalue weighted by Gasteiger charge is -2.10. The van der Waals surface area contributed by atoms with Crippen LogP contribution in [-0.2, 0) is 4.79 Å². The first-order valence-electron chi connectivity index (χ1n) is 6.94. The molecule has 0 aliphatic carbocycles. The first kappa shape index (κ1) is 15.3. The highest BCUT2D eigenvalue weighted by molar-refractivity contribution is 8.00. The third-order valence-corrected chi connectivity index (χ3v) is 4.12. The van der Waals surface area contributed by atoms with Gasteiger partial charge >= 0.3 is 0 Å². The van der Waals surface area contributed by atoms with Gasteiger partial charge in [0, 0.05) is 6.07 Å². The molecule has 1 atom stereocenters. The highest BCUT2D eigenvalue weighted by Crippen LogP contribution is 2.28. The smallest absolute Gasteiger partial charge is 0.284 e. The van der Waals surface area contributed by atoms with E-state index in [9.17, 15) is 4.79 Å². The van der Waals surface area contributed by atoms with E-state index in [2.05, 4.69) is 20.7 Å². The maximum atomic E-state index is 12.3. The van der Waals surface area contributed by atoms with E-state index in [1.807, 2.05) is 6.92 Å². The summed E-state index contributed by atoms with van der Waals surface area (Å²) in [7, 11) is 0. The molecule has 3 aromatic rings. The second-order valence-electron chi connectivity index (χ2n) is 4.68. The van der Waals surface area contributed by atoms with Crippen molar-refractivity contribution in [1.82, 2.24) is 15.4 Å². The lowest BCUT2D eigenvalue weighted by atomic mass is 10.3. The Morgan fingerprint density at radius 1 is 1.43 bits per heavy atom. The van der Waals surface area contributed by atoms with E-state index < -0.39 is 5.25 Å². The molecular formula is C14H14N4O4S. The van der Waals surface area contributed by atoms with Gasteiger partial charge in [-0.25, -0.2) is 0 Å². The molecular weight excluding hydrogens is 320 g/mol. The van der Waals surface area contributed by atoms with Gasteiger partial charge in [0.25, 0.3) is 11.1 Å². The van der Waals surface area contributed by atoms with Crippen molar-refractivity contribution in [3.8, 4) is 11.7 Å². The molecule has 8 nitrogen and oxygen atoms in total. The molecule has 1 amide bonds. The summed E-state index contributed by atoms with van der Waals surface area (Å²) in [5.41, 5.74) is 0. The summed E-state index contributed by atoms with van der Waals surface area (Å²) in [4.78, 5) is 12.3. The van der Waals surface area contributed by atoms with Crippen LogP contribution in [0.15, 0.2) is 43.0 Å². The van der Waals surface area contributed by atoms with Gasteiger partial charge < -0.3 is 18.7 Å². The molecule has 0 fully saturated rings. The summed E-state index contributed by atoms with van der Waals surface area (Å²) >= 11 is 1.19. The standard InChI is InChI=1S/C14H14N4O4S/c1-3-10(12(19)15-11-7-8(2)22-18-11)23-14-17-16-13(21-14)9-5-4-6-20-9/h4-7,10H,3H2,1-2H3,(H,15,18,19). The fourth-order valence-electron chi connectivity index (χ4n) is 1.83. The first-order valence-corrected chi connectivity index (χ1v) is 7.82. The number of anilines is 1. The molecule has 0 radical (unpaired) electrons. The third-order valence-electron chi connectivity index (χ3n) is 2.92. The molecule has 3 heterocycles. The molecule has 120 valence electrons. The molecule has 1 N–H and O–H groups in total. The Bertz CT molecular complexity index is 780. The van der Waals surface area contributed by atoms with Crippen LogP contribution in [0, 0.1) is 6.92 Å². The zero-order valence-electron chi connectivity index (χ0n) is 12.5. The number of thioether (sulfide) groups is 1. The predicted molar refractivity (Wildman–Crippen MR) is 81.8 cm³/mol. The number of nitrogens with zero attached hydrogens (tertiary/aromatic N) is 3. The Kier molecular flexibility index (Phi) is 4.47.